The molecule has 0 aromatic carbocycles. The van der Waals surface area contributed by atoms with E-state index < -0.39 is 0 Å². The average Bonchev–Trinajstić information content (AvgIpc) is 2.75. The number of aryl methyl sites for hydroxylation is 1. The van der Waals surface area contributed by atoms with E-state index in [-0.39, 0.29) is 6.17 Å². The topological polar surface area (TPSA) is 47.1 Å². The van der Waals surface area contributed by atoms with Gasteiger partial charge in [0.15, 0.2) is 0 Å². The summed E-state index contributed by atoms with van der Waals surface area (Å²) in [6.07, 6.45) is 9.46. The van der Waals surface area contributed by atoms with Gasteiger partial charge in [-0.25, -0.2) is 4.98 Å². The van der Waals surface area contributed by atoms with Gasteiger partial charge in [0.1, 0.15) is 5.82 Å². The Hall–Kier alpha value is -0.870. The predicted molar refractivity (Wildman–Crippen MR) is 67.6 cm³/mol. The summed E-state index contributed by atoms with van der Waals surface area (Å²) >= 11 is 0. The number of aromatic nitrogens is 2. The Morgan fingerprint density at radius 3 is 3.00 bits per heavy atom. The van der Waals surface area contributed by atoms with Gasteiger partial charge in [-0.3, -0.25) is 4.90 Å². The van der Waals surface area contributed by atoms with Crippen molar-refractivity contribution in [1.82, 2.24) is 14.5 Å². The molecule has 1 fully saturated rings. The molecule has 3 heterocycles. The number of hydrogen-bond acceptors (Lipinski definition) is 3. The van der Waals surface area contributed by atoms with Crippen LogP contribution in [0.4, 0.5) is 0 Å². The summed E-state index contributed by atoms with van der Waals surface area (Å²) in [7, 11) is 2.21. The van der Waals surface area contributed by atoms with E-state index in [1.807, 2.05) is 6.20 Å². The molecule has 94 valence electrons. The first-order valence-electron chi connectivity index (χ1n) is 6.79. The number of hydrogen-bond donors (Lipinski definition) is 1. The smallest absolute Gasteiger partial charge is 0.127 e. The highest BCUT2D eigenvalue weighted by atomic mass is 15.2. The fourth-order valence-corrected chi connectivity index (χ4v) is 3.25. The van der Waals surface area contributed by atoms with Crippen LogP contribution in [0.5, 0.6) is 0 Å². The average molecular weight is 234 g/mol. The molecule has 4 nitrogen and oxygen atoms in total. The molecule has 0 amide bonds. The molecular formula is C13H22N4. The van der Waals surface area contributed by atoms with E-state index in [0.717, 1.165) is 12.8 Å². The standard InChI is InChI=1S/C13H22N4/c1-16-8-3-2-6-11(16)13-15-9-10-5-4-7-12(14)17(10)13/h9,11-12H,2-8,14H2,1H3. The molecule has 2 atom stereocenters. The summed E-state index contributed by atoms with van der Waals surface area (Å²) < 4.78 is 2.30. The molecular weight excluding hydrogens is 212 g/mol. The summed E-state index contributed by atoms with van der Waals surface area (Å²) in [5.41, 5.74) is 7.58. The third kappa shape index (κ3) is 1.89. The molecule has 17 heavy (non-hydrogen) atoms. The van der Waals surface area contributed by atoms with Gasteiger partial charge in [0.25, 0.3) is 0 Å². The first kappa shape index (κ1) is 11.2. The van der Waals surface area contributed by atoms with Crippen LogP contribution in [-0.2, 0) is 6.42 Å². The van der Waals surface area contributed by atoms with Crippen LogP contribution >= 0.6 is 0 Å². The normalized spacial score (nSPS) is 30.2. The lowest BCUT2D eigenvalue weighted by molar-refractivity contribution is 0.171. The van der Waals surface area contributed by atoms with Crippen molar-refractivity contribution in [1.29, 1.82) is 0 Å². The molecule has 2 aliphatic heterocycles. The number of nitrogens with two attached hydrogens (primary N) is 1. The second-order valence-corrected chi connectivity index (χ2v) is 5.43. The lowest BCUT2D eigenvalue weighted by Crippen LogP contribution is -2.34. The van der Waals surface area contributed by atoms with E-state index in [1.54, 1.807) is 0 Å². The summed E-state index contributed by atoms with van der Waals surface area (Å²) in [6, 6.07) is 0.474. The highest BCUT2D eigenvalue weighted by Gasteiger charge is 2.29. The minimum absolute atomic E-state index is 0.145. The van der Waals surface area contributed by atoms with Gasteiger partial charge in [-0.15, -0.1) is 0 Å². The van der Waals surface area contributed by atoms with Crippen LogP contribution in [0.1, 0.15) is 55.8 Å². The fourth-order valence-electron chi connectivity index (χ4n) is 3.25. The molecule has 0 saturated carbocycles. The molecule has 0 bridgehead atoms. The third-order valence-corrected chi connectivity index (χ3v) is 4.24. The first-order chi connectivity index (χ1) is 8.27. The van der Waals surface area contributed by atoms with E-state index >= 15 is 0 Å². The fraction of sp³-hybridized carbons (Fsp3) is 0.769. The van der Waals surface area contributed by atoms with Crippen molar-refractivity contribution < 1.29 is 0 Å². The van der Waals surface area contributed by atoms with Crippen molar-refractivity contribution in [3.63, 3.8) is 0 Å². The summed E-state index contributed by atoms with van der Waals surface area (Å²) in [6.45, 7) is 1.18. The lowest BCUT2D eigenvalue weighted by atomic mass is 10.0. The number of fused-ring (bicyclic) bond motifs is 1. The molecule has 1 aromatic rings. The van der Waals surface area contributed by atoms with E-state index in [1.165, 1.54) is 43.7 Å². The molecule has 1 saturated heterocycles. The van der Waals surface area contributed by atoms with Crippen LogP contribution < -0.4 is 5.73 Å². The van der Waals surface area contributed by atoms with Gasteiger partial charge in [-0.2, -0.15) is 0 Å². The molecule has 4 heteroatoms. The number of imidazole rings is 1. The van der Waals surface area contributed by atoms with E-state index in [0.29, 0.717) is 6.04 Å². The van der Waals surface area contributed by atoms with Crippen molar-refractivity contribution in [3.05, 3.63) is 17.7 Å². The summed E-state index contributed by atoms with van der Waals surface area (Å²) in [4.78, 5) is 7.09. The Bertz CT molecular complexity index is 398. The van der Waals surface area contributed by atoms with Crippen molar-refractivity contribution in [2.45, 2.75) is 50.7 Å². The van der Waals surface area contributed by atoms with Crippen LogP contribution in [0.15, 0.2) is 6.20 Å². The molecule has 2 aliphatic rings. The third-order valence-electron chi connectivity index (χ3n) is 4.24. The minimum atomic E-state index is 0.145. The molecule has 2 N–H and O–H groups in total. The van der Waals surface area contributed by atoms with Crippen molar-refractivity contribution >= 4 is 0 Å². The number of likely N-dealkylation sites (tertiary alicyclic amines) is 1. The maximum absolute atomic E-state index is 6.25. The Morgan fingerprint density at radius 1 is 1.29 bits per heavy atom. The predicted octanol–water partition coefficient (Wildman–Crippen LogP) is 1.83. The zero-order valence-electron chi connectivity index (χ0n) is 10.6. The van der Waals surface area contributed by atoms with Crippen molar-refractivity contribution in [2.24, 2.45) is 5.73 Å². The van der Waals surface area contributed by atoms with Gasteiger partial charge in [0.05, 0.1) is 12.2 Å². The van der Waals surface area contributed by atoms with E-state index in [9.17, 15) is 0 Å². The first-order valence-corrected chi connectivity index (χ1v) is 6.79. The van der Waals surface area contributed by atoms with Crippen LogP contribution in [0.2, 0.25) is 0 Å². The highest BCUT2D eigenvalue weighted by Crippen LogP contribution is 2.32. The molecule has 3 rings (SSSR count). The zero-order valence-corrected chi connectivity index (χ0v) is 10.6. The van der Waals surface area contributed by atoms with Crippen molar-refractivity contribution in [3.8, 4) is 0 Å². The van der Waals surface area contributed by atoms with Crippen LogP contribution in [0, 0.1) is 0 Å². The molecule has 0 aliphatic carbocycles. The minimum Gasteiger partial charge on any atom is -0.315 e. The Kier molecular flexibility index (Phi) is 2.92. The maximum Gasteiger partial charge on any atom is 0.127 e. The number of piperidine rings is 1. The number of rotatable bonds is 1. The van der Waals surface area contributed by atoms with E-state index in [4.69, 9.17) is 5.73 Å². The quantitative estimate of drug-likeness (QED) is 0.806. The number of nitrogens with zero attached hydrogens (tertiary/aromatic N) is 3. The molecule has 0 radical (unpaired) electrons. The van der Waals surface area contributed by atoms with Gasteiger partial charge in [-0.05, 0) is 45.7 Å². The molecule has 1 aromatic heterocycles. The van der Waals surface area contributed by atoms with Crippen LogP contribution in [0.3, 0.4) is 0 Å². The second-order valence-electron chi connectivity index (χ2n) is 5.43. The molecule has 2 unspecified atom stereocenters. The SMILES string of the molecule is CN1CCCCC1c1ncc2n1C(N)CCC2. The van der Waals surface area contributed by atoms with Crippen molar-refractivity contribution in [2.75, 3.05) is 13.6 Å². The summed E-state index contributed by atoms with van der Waals surface area (Å²) in [5, 5.41) is 0. The summed E-state index contributed by atoms with van der Waals surface area (Å²) in [5.74, 6) is 1.20. The molecule has 0 spiro atoms. The van der Waals surface area contributed by atoms with Crippen LogP contribution in [-0.4, -0.2) is 28.0 Å². The highest BCUT2D eigenvalue weighted by molar-refractivity contribution is 5.13. The Balaban J connectivity index is 1.94. The van der Waals surface area contributed by atoms with E-state index in [2.05, 4.69) is 21.5 Å². The van der Waals surface area contributed by atoms with Gasteiger partial charge < -0.3 is 10.3 Å². The lowest BCUT2D eigenvalue weighted by Gasteiger charge is -2.34. The largest absolute Gasteiger partial charge is 0.315 e. The maximum atomic E-state index is 6.25. The van der Waals surface area contributed by atoms with Gasteiger partial charge >= 0.3 is 0 Å². The monoisotopic (exact) mass is 234 g/mol. The van der Waals surface area contributed by atoms with Gasteiger partial charge in [0, 0.05) is 11.9 Å². The Morgan fingerprint density at radius 2 is 2.18 bits per heavy atom. The second kappa shape index (κ2) is 4.42. The van der Waals surface area contributed by atoms with Gasteiger partial charge in [-0.1, -0.05) is 6.42 Å². The van der Waals surface area contributed by atoms with Gasteiger partial charge in [0.2, 0.25) is 0 Å². The van der Waals surface area contributed by atoms with Crippen LogP contribution in [0.25, 0.3) is 0 Å². The Labute approximate surface area is 103 Å². The zero-order chi connectivity index (χ0) is 11.8.